The van der Waals surface area contributed by atoms with Crippen molar-refractivity contribution in [3.05, 3.63) is 12.6 Å². The summed E-state index contributed by atoms with van der Waals surface area (Å²) < 4.78 is 32.9. The number of halogens is 1. The van der Waals surface area contributed by atoms with E-state index in [1.54, 1.807) is 0 Å². The molecule has 0 saturated heterocycles. The maximum absolute atomic E-state index is 6.68. The Hall–Kier alpha value is 0.0300. The minimum absolute atomic E-state index is 0.816. The van der Waals surface area contributed by atoms with E-state index in [1.807, 2.05) is 0 Å². The predicted molar refractivity (Wildman–Crippen MR) is 20.9 cm³/mol. The summed E-state index contributed by atoms with van der Waals surface area (Å²) in [4.78, 5) is 0. The lowest BCUT2D eigenvalue weighted by atomic mass is 10.8. The zero-order valence-electron chi connectivity index (χ0n) is 6.88. The molecule has 0 N–H and O–H groups in total. The molecule has 0 aliphatic rings. The number of hydrogen-bond acceptors (Lipinski definition) is 0. The van der Waals surface area contributed by atoms with Gasteiger partial charge in [0.25, 0.3) is 0 Å². The highest BCUT2D eigenvalue weighted by Crippen LogP contribution is 1.67. The first kappa shape index (κ1) is 0.574. The molecular formula is C3H5Cl. The van der Waals surface area contributed by atoms with Gasteiger partial charge in [0.2, 0.25) is 0 Å². The van der Waals surface area contributed by atoms with Crippen LogP contribution in [0, 0.1) is 0 Å². The standard InChI is InChI=1S/C3H5Cl/c1-2-3-4/h2H,1,3H2/i1D2,2D,3D2. The van der Waals surface area contributed by atoms with Crippen LogP contribution < -0.4 is 0 Å². The van der Waals surface area contributed by atoms with E-state index in [-0.39, 0.29) is 0 Å². The molecule has 0 aliphatic heterocycles. The highest BCUT2D eigenvalue weighted by molar-refractivity contribution is 6.18. The molecule has 0 radical (unpaired) electrons. The first-order valence-electron chi connectivity index (χ1n) is 3.19. The van der Waals surface area contributed by atoms with Gasteiger partial charge in [-0.1, -0.05) is 6.05 Å². The third-order valence-corrected chi connectivity index (χ3v) is 0.142. The SMILES string of the molecule is [2H]C([2H])=C([2H])C([2H])([2H])Cl. The van der Waals surface area contributed by atoms with E-state index in [1.165, 1.54) is 0 Å². The topological polar surface area (TPSA) is 0 Å². The Morgan fingerprint density at radius 3 is 3.75 bits per heavy atom. The van der Waals surface area contributed by atoms with Gasteiger partial charge in [0.05, 0.1) is 4.11 Å². The molecule has 4 heavy (non-hydrogen) atoms. The summed E-state index contributed by atoms with van der Waals surface area (Å²) in [6.45, 7) is -0.894. The Labute approximate surface area is 38.1 Å². The van der Waals surface area contributed by atoms with Crippen molar-refractivity contribution in [2.24, 2.45) is 0 Å². The Kier molecular flexibility index (Phi) is 0.435. The van der Waals surface area contributed by atoms with Crippen molar-refractivity contribution in [2.45, 2.75) is 0 Å². The molecule has 0 heterocycles. The maximum Gasteiger partial charge on any atom is 0.0582 e. The fourth-order valence-electron chi connectivity index (χ4n) is 0. The molecule has 0 amide bonds. The molecule has 0 aromatic carbocycles. The van der Waals surface area contributed by atoms with Gasteiger partial charge in [-0.15, -0.1) is 18.1 Å². The second-order valence-electron chi connectivity index (χ2n) is 0.219. The Balaban J connectivity index is 4.40. The average Bonchev–Trinajstić information content (AvgIpc) is 1.62. The van der Waals surface area contributed by atoms with Crippen LogP contribution in [0.25, 0.3) is 0 Å². The zero-order valence-corrected chi connectivity index (χ0v) is 2.63. The molecule has 0 rings (SSSR count). The lowest BCUT2D eigenvalue weighted by Gasteiger charge is -1.55. The number of rotatable bonds is 1. The molecular weight excluding hydrogens is 71.5 g/mol. The van der Waals surface area contributed by atoms with Crippen LogP contribution in [-0.2, 0) is 0 Å². The Bertz CT molecular complexity index is 130. The van der Waals surface area contributed by atoms with Crippen LogP contribution in [0.5, 0.6) is 0 Å². The van der Waals surface area contributed by atoms with E-state index >= 15 is 0 Å². The van der Waals surface area contributed by atoms with E-state index in [2.05, 4.69) is 0 Å². The van der Waals surface area contributed by atoms with Crippen molar-refractivity contribution in [2.75, 3.05) is 5.83 Å². The van der Waals surface area contributed by atoms with Crippen LogP contribution in [0.15, 0.2) is 12.6 Å². The molecule has 0 atom stereocenters. The Morgan fingerprint density at radius 2 is 3.75 bits per heavy atom. The molecule has 0 fully saturated rings. The van der Waals surface area contributed by atoms with Crippen LogP contribution in [-0.4, -0.2) is 5.83 Å². The molecule has 24 valence electrons. The third-order valence-electron chi connectivity index (χ3n) is 0.0472. The van der Waals surface area contributed by atoms with Crippen LogP contribution >= 0.6 is 11.6 Å². The second kappa shape index (κ2) is 3.03. The van der Waals surface area contributed by atoms with E-state index in [0.29, 0.717) is 0 Å². The van der Waals surface area contributed by atoms with Crippen LogP contribution in [0.4, 0.5) is 0 Å². The minimum atomic E-state index is -2.38. The fraction of sp³-hybridized carbons (Fsp3) is 0.333. The molecule has 0 nitrogen and oxygen atoms in total. The van der Waals surface area contributed by atoms with E-state index in [0.717, 1.165) is 0 Å². The predicted octanol–water partition coefficient (Wildman–Crippen LogP) is 1.41. The molecule has 0 aliphatic carbocycles. The van der Waals surface area contributed by atoms with Crippen molar-refractivity contribution in [1.29, 1.82) is 0 Å². The van der Waals surface area contributed by atoms with Gasteiger partial charge in [-0.25, -0.2) is 0 Å². The van der Waals surface area contributed by atoms with E-state index in [4.69, 9.17) is 18.5 Å². The molecule has 0 bridgehead atoms. The summed E-state index contributed by atoms with van der Waals surface area (Å²) in [5.74, 6) is -2.38. The van der Waals surface area contributed by atoms with Gasteiger partial charge >= 0.3 is 0 Å². The van der Waals surface area contributed by atoms with Crippen LogP contribution in [0.3, 0.4) is 0 Å². The number of hydrogen-bond donors (Lipinski definition) is 0. The monoisotopic (exact) mass is 81.0 g/mol. The molecule has 0 saturated carbocycles. The number of allylic oxidation sites excluding steroid dienone is 1. The van der Waals surface area contributed by atoms with E-state index in [9.17, 15) is 0 Å². The second-order valence-corrected chi connectivity index (χ2v) is 0.408. The summed E-state index contributed by atoms with van der Waals surface area (Å²) >= 11 is 4.93. The highest BCUT2D eigenvalue weighted by atomic mass is 35.5. The smallest absolute Gasteiger partial charge is 0.0582 e. The summed E-state index contributed by atoms with van der Waals surface area (Å²) in [5, 5.41) is 0. The summed E-state index contributed by atoms with van der Waals surface area (Å²) in [5.41, 5.74) is 0. The molecule has 0 spiro atoms. The molecule has 1 heteroatoms. The summed E-state index contributed by atoms with van der Waals surface area (Å²) in [6.07, 6.45) is 0. The lowest BCUT2D eigenvalue weighted by molar-refractivity contribution is 1.80. The van der Waals surface area contributed by atoms with Gasteiger partial charge in [0.1, 0.15) is 0 Å². The summed E-state index contributed by atoms with van der Waals surface area (Å²) in [7, 11) is 0. The quantitative estimate of drug-likeness (QED) is 0.331. The molecule has 0 unspecified atom stereocenters. The number of alkyl halides is 1. The normalized spacial score (nSPS) is 26.8. The van der Waals surface area contributed by atoms with Gasteiger partial charge in [-0.05, 0) is 0 Å². The third kappa shape index (κ3) is 2.03. The van der Waals surface area contributed by atoms with Crippen molar-refractivity contribution < 1.29 is 6.85 Å². The van der Waals surface area contributed by atoms with Crippen molar-refractivity contribution in [3.8, 4) is 0 Å². The zero-order chi connectivity index (χ0) is 7.65. The van der Waals surface area contributed by atoms with Crippen molar-refractivity contribution in [1.82, 2.24) is 0 Å². The van der Waals surface area contributed by atoms with Crippen molar-refractivity contribution in [3.63, 3.8) is 0 Å². The van der Waals surface area contributed by atoms with Gasteiger partial charge in [-0.2, -0.15) is 0 Å². The molecule has 0 aromatic rings. The van der Waals surface area contributed by atoms with E-state index < -0.39 is 18.4 Å². The van der Waals surface area contributed by atoms with Gasteiger partial charge < -0.3 is 0 Å². The first-order chi connectivity index (χ1) is 3.85. The first-order valence-corrected chi connectivity index (χ1v) is 1.07. The average molecular weight is 81.6 g/mol. The minimum Gasteiger partial charge on any atom is -0.122 e. The lowest BCUT2D eigenvalue weighted by Crippen LogP contribution is -1.45. The highest BCUT2D eigenvalue weighted by Gasteiger charge is 1.48. The van der Waals surface area contributed by atoms with Crippen LogP contribution in [0.2, 0.25) is 0 Å². The summed E-state index contributed by atoms with van der Waals surface area (Å²) in [6, 6.07) is -0.816. The van der Waals surface area contributed by atoms with Gasteiger partial charge in [-0.3, -0.25) is 0 Å². The van der Waals surface area contributed by atoms with Crippen LogP contribution in [0.1, 0.15) is 6.85 Å². The maximum atomic E-state index is 6.68. The van der Waals surface area contributed by atoms with Gasteiger partial charge in [0, 0.05) is 8.57 Å². The van der Waals surface area contributed by atoms with Gasteiger partial charge in [0.15, 0.2) is 0 Å². The molecule has 0 aromatic heterocycles. The Morgan fingerprint density at radius 1 is 3.00 bits per heavy atom. The van der Waals surface area contributed by atoms with Crippen molar-refractivity contribution >= 4 is 11.6 Å². The fourth-order valence-corrected chi connectivity index (χ4v) is 0. The largest absolute Gasteiger partial charge is 0.122 e.